The van der Waals surface area contributed by atoms with Gasteiger partial charge in [-0.15, -0.1) is 5.10 Å². The number of aromatic nitrogens is 6. The van der Waals surface area contributed by atoms with Crippen molar-refractivity contribution in [1.29, 1.82) is 0 Å². The van der Waals surface area contributed by atoms with E-state index in [1.165, 1.54) is 11.0 Å². The standard InChI is InChI=1S/C14H21N7O2/c1-3-10(2)13-16-14(23-17-13)11-6-4-5-7-21(11)12(22)8-20-9-15-18-19-20/h9-11H,3-8H2,1-2H3/t10-,11+/m1/s1. The molecule has 0 saturated carbocycles. The molecule has 1 aliphatic rings. The Labute approximate surface area is 134 Å². The van der Waals surface area contributed by atoms with Crippen molar-refractivity contribution >= 4 is 5.91 Å². The van der Waals surface area contributed by atoms with Gasteiger partial charge in [-0.25, -0.2) is 4.68 Å². The minimum Gasteiger partial charge on any atom is -0.337 e. The lowest BCUT2D eigenvalue weighted by Gasteiger charge is -2.33. The maximum absolute atomic E-state index is 12.6. The first kappa shape index (κ1) is 15.6. The lowest BCUT2D eigenvalue weighted by atomic mass is 10.0. The lowest BCUT2D eigenvalue weighted by molar-refractivity contribution is -0.136. The third kappa shape index (κ3) is 3.38. The van der Waals surface area contributed by atoms with E-state index in [1.807, 2.05) is 0 Å². The third-order valence-corrected chi connectivity index (χ3v) is 4.31. The van der Waals surface area contributed by atoms with Crippen LogP contribution in [0.25, 0.3) is 0 Å². The first-order chi connectivity index (χ1) is 11.2. The van der Waals surface area contributed by atoms with Crippen molar-refractivity contribution in [2.24, 2.45) is 0 Å². The predicted octanol–water partition coefficient (Wildman–Crippen LogP) is 1.32. The Kier molecular flexibility index (Phi) is 4.63. The van der Waals surface area contributed by atoms with Crippen molar-refractivity contribution in [3.05, 3.63) is 18.0 Å². The zero-order chi connectivity index (χ0) is 16.2. The topological polar surface area (TPSA) is 103 Å². The molecule has 9 heteroatoms. The number of piperidine rings is 1. The smallest absolute Gasteiger partial charge is 0.249 e. The molecule has 0 bridgehead atoms. The summed E-state index contributed by atoms with van der Waals surface area (Å²) in [6.07, 6.45) is 5.24. The number of rotatable bonds is 5. The number of nitrogens with zero attached hydrogens (tertiary/aromatic N) is 7. The Morgan fingerprint density at radius 3 is 3.09 bits per heavy atom. The summed E-state index contributed by atoms with van der Waals surface area (Å²) in [6.45, 7) is 4.96. The average Bonchev–Trinajstić information content (AvgIpc) is 3.25. The van der Waals surface area contributed by atoms with E-state index in [1.54, 1.807) is 4.90 Å². The van der Waals surface area contributed by atoms with Gasteiger partial charge < -0.3 is 9.42 Å². The second kappa shape index (κ2) is 6.84. The van der Waals surface area contributed by atoms with Gasteiger partial charge in [0.15, 0.2) is 5.82 Å². The summed E-state index contributed by atoms with van der Waals surface area (Å²) < 4.78 is 6.86. The second-order valence-corrected chi connectivity index (χ2v) is 5.91. The highest BCUT2D eigenvalue weighted by Crippen LogP contribution is 2.31. The number of amides is 1. The molecule has 0 aromatic carbocycles. The van der Waals surface area contributed by atoms with Crippen molar-refractivity contribution in [2.45, 2.75) is 58.0 Å². The van der Waals surface area contributed by atoms with Crippen LogP contribution in [0, 0.1) is 0 Å². The van der Waals surface area contributed by atoms with Crippen LogP contribution in [0.15, 0.2) is 10.9 Å². The van der Waals surface area contributed by atoms with Gasteiger partial charge in [-0.2, -0.15) is 4.98 Å². The Balaban J connectivity index is 1.75. The molecule has 0 N–H and O–H groups in total. The Morgan fingerprint density at radius 2 is 2.35 bits per heavy atom. The summed E-state index contributed by atoms with van der Waals surface area (Å²) in [4.78, 5) is 18.9. The number of tetrazole rings is 1. The van der Waals surface area contributed by atoms with Crippen LogP contribution in [0.3, 0.4) is 0 Å². The number of hydrogen-bond acceptors (Lipinski definition) is 7. The van der Waals surface area contributed by atoms with Crippen molar-refractivity contribution in [1.82, 2.24) is 35.2 Å². The molecule has 0 spiro atoms. The van der Waals surface area contributed by atoms with Crippen LogP contribution in [0.4, 0.5) is 0 Å². The normalized spacial score (nSPS) is 19.7. The highest BCUT2D eigenvalue weighted by Gasteiger charge is 2.32. The summed E-state index contributed by atoms with van der Waals surface area (Å²) in [7, 11) is 0. The highest BCUT2D eigenvalue weighted by molar-refractivity contribution is 5.76. The zero-order valence-electron chi connectivity index (χ0n) is 13.4. The molecule has 0 unspecified atom stereocenters. The Bertz CT molecular complexity index is 639. The van der Waals surface area contributed by atoms with Crippen LogP contribution in [-0.2, 0) is 11.3 Å². The average molecular weight is 319 g/mol. The molecule has 0 aliphatic carbocycles. The molecule has 1 amide bonds. The molecule has 3 rings (SSSR count). The summed E-state index contributed by atoms with van der Waals surface area (Å²) in [6, 6.07) is -0.155. The quantitative estimate of drug-likeness (QED) is 0.818. The maximum atomic E-state index is 12.6. The van der Waals surface area contributed by atoms with Crippen molar-refractivity contribution in [3.63, 3.8) is 0 Å². The van der Waals surface area contributed by atoms with Gasteiger partial charge in [0.1, 0.15) is 18.9 Å². The summed E-state index contributed by atoms with van der Waals surface area (Å²) in [5, 5.41) is 14.9. The predicted molar refractivity (Wildman–Crippen MR) is 79.1 cm³/mol. The molecule has 2 aromatic rings. The van der Waals surface area contributed by atoms with Gasteiger partial charge in [0.25, 0.3) is 0 Å². The molecular formula is C14H21N7O2. The summed E-state index contributed by atoms with van der Waals surface area (Å²) >= 11 is 0. The number of carbonyl (C=O) groups is 1. The third-order valence-electron chi connectivity index (χ3n) is 4.31. The molecule has 1 saturated heterocycles. The molecule has 23 heavy (non-hydrogen) atoms. The van der Waals surface area contributed by atoms with E-state index in [0.29, 0.717) is 18.3 Å². The molecule has 2 aromatic heterocycles. The van der Waals surface area contributed by atoms with Gasteiger partial charge in [-0.1, -0.05) is 19.0 Å². The molecule has 0 radical (unpaired) electrons. The first-order valence-electron chi connectivity index (χ1n) is 8.02. The zero-order valence-corrected chi connectivity index (χ0v) is 13.4. The van der Waals surface area contributed by atoms with Crippen molar-refractivity contribution in [3.8, 4) is 0 Å². The first-order valence-corrected chi connectivity index (χ1v) is 8.02. The largest absolute Gasteiger partial charge is 0.337 e. The van der Waals surface area contributed by atoms with Crippen LogP contribution < -0.4 is 0 Å². The SMILES string of the molecule is CC[C@@H](C)c1noc([C@@H]2CCCCN2C(=O)Cn2cnnn2)n1. The fourth-order valence-corrected chi connectivity index (χ4v) is 2.73. The van der Waals surface area contributed by atoms with Crippen LogP contribution >= 0.6 is 0 Å². The highest BCUT2D eigenvalue weighted by atomic mass is 16.5. The molecule has 124 valence electrons. The minimum absolute atomic E-state index is 0.0368. The Morgan fingerprint density at radius 1 is 1.48 bits per heavy atom. The van der Waals surface area contributed by atoms with Gasteiger partial charge >= 0.3 is 0 Å². The molecular weight excluding hydrogens is 298 g/mol. The van der Waals surface area contributed by atoms with E-state index in [4.69, 9.17) is 4.52 Å². The van der Waals surface area contributed by atoms with E-state index >= 15 is 0 Å². The van der Waals surface area contributed by atoms with E-state index in [2.05, 4.69) is 39.5 Å². The fourth-order valence-electron chi connectivity index (χ4n) is 2.73. The number of hydrogen-bond donors (Lipinski definition) is 0. The van der Waals surface area contributed by atoms with Crippen LogP contribution in [0.2, 0.25) is 0 Å². The van der Waals surface area contributed by atoms with Gasteiger partial charge in [0.2, 0.25) is 11.8 Å². The van der Waals surface area contributed by atoms with Gasteiger partial charge in [-0.05, 0) is 36.1 Å². The minimum atomic E-state index is -0.155. The lowest BCUT2D eigenvalue weighted by Crippen LogP contribution is -2.40. The monoisotopic (exact) mass is 319 g/mol. The van der Waals surface area contributed by atoms with Gasteiger partial charge in [0, 0.05) is 12.5 Å². The summed E-state index contributed by atoms with van der Waals surface area (Å²) in [5.74, 6) is 1.46. The fraction of sp³-hybridized carbons (Fsp3) is 0.714. The number of likely N-dealkylation sites (tertiary alicyclic amines) is 1. The number of carbonyl (C=O) groups excluding carboxylic acids is 1. The van der Waals surface area contributed by atoms with E-state index in [-0.39, 0.29) is 24.4 Å². The van der Waals surface area contributed by atoms with Crippen LogP contribution in [0.1, 0.15) is 63.2 Å². The molecule has 1 fully saturated rings. The van der Waals surface area contributed by atoms with E-state index in [9.17, 15) is 4.79 Å². The van der Waals surface area contributed by atoms with Gasteiger partial charge in [0.05, 0.1) is 0 Å². The Hall–Kier alpha value is -2.32. The summed E-state index contributed by atoms with van der Waals surface area (Å²) in [5.41, 5.74) is 0. The van der Waals surface area contributed by atoms with E-state index in [0.717, 1.165) is 25.7 Å². The molecule has 3 heterocycles. The van der Waals surface area contributed by atoms with Crippen molar-refractivity contribution in [2.75, 3.05) is 6.54 Å². The molecule has 1 aliphatic heterocycles. The van der Waals surface area contributed by atoms with Crippen LogP contribution in [0.5, 0.6) is 0 Å². The molecule has 9 nitrogen and oxygen atoms in total. The maximum Gasteiger partial charge on any atom is 0.249 e. The van der Waals surface area contributed by atoms with E-state index < -0.39 is 0 Å². The van der Waals surface area contributed by atoms with Crippen molar-refractivity contribution < 1.29 is 9.32 Å². The second-order valence-electron chi connectivity index (χ2n) is 5.91. The molecule has 2 atom stereocenters. The van der Waals surface area contributed by atoms with Gasteiger partial charge in [-0.3, -0.25) is 4.79 Å². The van der Waals surface area contributed by atoms with Crippen LogP contribution in [-0.4, -0.2) is 47.7 Å².